The fourth-order valence-corrected chi connectivity index (χ4v) is 4.91. The summed E-state index contributed by atoms with van der Waals surface area (Å²) in [4.78, 5) is 5.25. The molecule has 0 amide bonds. The van der Waals surface area contributed by atoms with Crippen molar-refractivity contribution in [1.29, 1.82) is 0 Å². The molecule has 4 rings (SSSR count). The summed E-state index contributed by atoms with van der Waals surface area (Å²) < 4.78 is 11.1. The van der Waals surface area contributed by atoms with Gasteiger partial charge in [-0.2, -0.15) is 0 Å². The lowest BCUT2D eigenvalue weighted by Gasteiger charge is -2.37. The number of rotatable bonds is 7. The van der Waals surface area contributed by atoms with Crippen molar-refractivity contribution in [3.05, 3.63) is 35.9 Å². The van der Waals surface area contributed by atoms with Gasteiger partial charge in [0.25, 0.3) is 0 Å². The summed E-state index contributed by atoms with van der Waals surface area (Å²) >= 11 is 0. The molecule has 1 saturated heterocycles. The predicted molar refractivity (Wildman–Crippen MR) is 105 cm³/mol. The van der Waals surface area contributed by atoms with Gasteiger partial charge < -0.3 is 14.4 Å². The van der Waals surface area contributed by atoms with E-state index < -0.39 is 0 Å². The van der Waals surface area contributed by atoms with Gasteiger partial charge in [0.15, 0.2) is 11.5 Å². The lowest BCUT2D eigenvalue weighted by Crippen LogP contribution is -2.47. The molecule has 3 atom stereocenters. The molecule has 0 N–H and O–H groups in total. The molecular weight excluding hydrogens is 324 g/mol. The fourth-order valence-electron chi connectivity index (χ4n) is 4.91. The van der Waals surface area contributed by atoms with Crippen LogP contribution in [0.15, 0.2) is 30.4 Å². The van der Waals surface area contributed by atoms with Gasteiger partial charge in [-0.25, -0.2) is 0 Å². The third-order valence-electron chi connectivity index (χ3n) is 6.31. The number of fused-ring (bicyclic) bond motifs is 2. The first-order valence-electron chi connectivity index (χ1n) is 10.2. The van der Waals surface area contributed by atoms with E-state index in [4.69, 9.17) is 9.47 Å². The number of methoxy groups -OCH3 is 1. The van der Waals surface area contributed by atoms with Gasteiger partial charge in [0.05, 0.1) is 13.7 Å². The largest absolute Gasteiger partial charge is 0.493 e. The lowest BCUT2D eigenvalue weighted by atomic mass is 9.93. The summed E-state index contributed by atoms with van der Waals surface area (Å²) in [5.41, 5.74) is 1.31. The van der Waals surface area contributed by atoms with Gasteiger partial charge in [-0.1, -0.05) is 18.2 Å². The SMILES string of the molecule is CCOc1cc(CN2CCN(C[C@@H]3C[C@H]4C=C[C@@H]3C4)CC2)ccc1OC. The maximum absolute atomic E-state index is 5.72. The summed E-state index contributed by atoms with van der Waals surface area (Å²) in [5.74, 6) is 4.35. The molecule has 2 aliphatic carbocycles. The number of benzene rings is 1. The molecule has 2 fully saturated rings. The average molecular weight is 357 g/mol. The van der Waals surface area contributed by atoms with Crippen molar-refractivity contribution in [2.24, 2.45) is 17.8 Å². The highest BCUT2D eigenvalue weighted by Gasteiger charge is 2.36. The van der Waals surface area contributed by atoms with E-state index in [9.17, 15) is 0 Å². The van der Waals surface area contributed by atoms with E-state index in [1.165, 1.54) is 38.0 Å². The highest BCUT2D eigenvalue weighted by atomic mass is 16.5. The number of allylic oxidation sites excluding steroid dienone is 2. The van der Waals surface area contributed by atoms with Crippen molar-refractivity contribution < 1.29 is 9.47 Å². The Balaban J connectivity index is 1.27. The van der Waals surface area contributed by atoms with Gasteiger partial charge in [-0.05, 0) is 55.2 Å². The van der Waals surface area contributed by atoms with E-state index in [1.54, 1.807) is 7.11 Å². The van der Waals surface area contributed by atoms with Gasteiger partial charge in [0.1, 0.15) is 0 Å². The molecule has 4 heteroatoms. The van der Waals surface area contributed by atoms with E-state index in [0.717, 1.165) is 48.9 Å². The van der Waals surface area contributed by atoms with Crippen molar-refractivity contribution in [2.45, 2.75) is 26.3 Å². The molecular formula is C22H32N2O2. The number of hydrogen-bond donors (Lipinski definition) is 0. The highest BCUT2D eigenvalue weighted by molar-refractivity contribution is 5.43. The smallest absolute Gasteiger partial charge is 0.161 e. The van der Waals surface area contributed by atoms with E-state index in [0.29, 0.717) is 6.61 Å². The minimum absolute atomic E-state index is 0.663. The molecule has 0 radical (unpaired) electrons. The summed E-state index contributed by atoms with van der Waals surface area (Å²) in [6.45, 7) is 9.69. The Morgan fingerprint density at radius 1 is 1.00 bits per heavy atom. The number of ether oxygens (including phenoxy) is 2. The summed E-state index contributed by atoms with van der Waals surface area (Å²) in [6, 6.07) is 6.32. The van der Waals surface area contributed by atoms with Gasteiger partial charge in [0.2, 0.25) is 0 Å². The molecule has 1 heterocycles. The first-order valence-corrected chi connectivity index (χ1v) is 10.2. The minimum Gasteiger partial charge on any atom is -0.493 e. The van der Waals surface area contributed by atoms with E-state index in [-0.39, 0.29) is 0 Å². The van der Waals surface area contributed by atoms with E-state index in [2.05, 4.69) is 34.1 Å². The highest BCUT2D eigenvalue weighted by Crippen LogP contribution is 2.43. The van der Waals surface area contributed by atoms with Crippen LogP contribution in [0.1, 0.15) is 25.3 Å². The third kappa shape index (κ3) is 3.91. The van der Waals surface area contributed by atoms with Crippen LogP contribution in [-0.4, -0.2) is 56.2 Å². The molecule has 4 nitrogen and oxygen atoms in total. The van der Waals surface area contributed by atoms with Crippen molar-refractivity contribution in [3.63, 3.8) is 0 Å². The van der Waals surface area contributed by atoms with Crippen molar-refractivity contribution >= 4 is 0 Å². The molecule has 2 bridgehead atoms. The standard InChI is InChI=1S/C22H32N2O2/c1-3-26-22-14-18(5-7-21(22)25-2)15-23-8-10-24(11-9-23)16-20-13-17-4-6-19(20)12-17/h4-7,14,17,19-20H,3,8-13,15-16H2,1-2H3/t17-,19+,20-/m0/s1. The second-order valence-electron chi connectivity index (χ2n) is 8.04. The maximum Gasteiger partial charge on any atom is 0.161 e. The molecule has 1 aromatic carbocycles. The molecule has 0 spiro atoms. The predicted octanol–water partition coefficient (Wildman–Crippen LogP) is 3.42. The second-order valence-corrected chi connectivity index (χ2v) is 8.04. The van der Waals surface area contributed by atoms with E-state index >= 15 is 0 Å². The van der Waals surface area contributed by atoms with Crippen LogP contribution in [-0.2, 0) is 6.54 Å². The first-order chi connectivity index (χ1) is 12.7. The van der Waals surface area contributed by atoms with Crippen LogP contribution in [0.4, 0.5) is 0 Å². The van der Waals surface area contributed by atoms with Crippen molar-refractivity contribution in [1.82, 2.24) is 9.80 Å². The topological polar surface area (TPSA) is 24.9 Å². The number of piperazine rings is 1. The van der Waals surface area contributed by atoms with Gasteiger partial charge in [0, 0.05) is 39.3 Å². The lowest BCUT2D eigenvalue weighted by molar-refractivity contribution is 0.108. The molecule has 3 aliphatic rings. The summed E-state index contributed by atoms with van der Waals surface area (Å²) in [6.07, 6.45) is 7.77. The van der Waals surface area contributed by atoms with Crippen LogP contribution in [0.3, 0.4) is 0 Å². The Kier molecular flexibility index (Phi) is 5.51. The quantitative estimate of drug-likeness (QED) is 0.699. The van der Waals surface area contributed by atoms with Crippen LogP contribution < -0.4 is 9.47 Å². The zero-order valence-electron chi connectivity index (χ0n) is 16.2. The van der Waals surface area contributed by atoms with Gasteiger partial charge in [-0.3, -0.25) is 4.90 Å². The average Bonchev–Trinajstić information content (AvgIpc) is 3.27. The van der Waals surface area contributed by atoms with Crippen LogP contribution in [0.2, 0.25) is 0 Å². The van der Waals surface area contributed by atoms with Crippen LogP contribution in [0.5, 0.6) is 11.5 Å². The molecule has 1 aromatic rings. The first kappa shape index (κ1) is 17.9. The van der Waals surface area contributed by atoms with Gasteiger partial charge in [-0.15, -0.1) is 0 Å². The molecule has 1 saturated carbocycles. The molecule has 26 heavy (non-hydrogen) atoms. The molecule has 142 valence electrons. The second kappa shape index (κ2) is 8.01. The minimum atomic E-state index is 0.663. The summed E-state index contributed by atoms with van der Waals surface area (Å²) in [5, 5.41) is 0. The number of nitrogens with zero attached hydrogens (tertiary/aromatic N) is 2. The Hall–Kier alpha value is -1.52. The maximum atomic E-state index is 5.72. The van der Waals surface area contributed by atoms with Crippen molar-refractivity contribution in [2.75, 3.05) is 46.4 Å². The molecule has 1 aliphatic heterocycles. The summed E-state index contributed by atoms with van der Waals surface area (Å²) in [7, 11) is 1.70. The van der Waals surface area contributed by atoms with Crippen LogP contribution >= 0.6 is 0 Å². The van der Waals surface area contributed by atoms with Crippen LogP contribution in [0, 0.1) is 17.8 Å². The Labute approximate surface area is 157 Å². The zero-order valence-corrected chi connectivity index (χ0v) is 16.2. The van der Waals surface area contributed by atoms with Crippen LogP contribution in [0.25, 0.3) is 0 Å². The number of hydrogen-bond acceptors (Lipinski definition) is 4. The zero-order chi connectivity index (χ0) is 17.9. The Morgan fingerprint density at radius 2 is 1.81 bits per heavy atom. The third-order valence-corrected chi connectivity index (χ3v) is 6.31. The normalized spacial score (nSPS) is 28.6. The van der Waals surface area contributed by atoms with Crippen molar-refractivity contribution in [3.8, 4) is 11.5 Å². The fraction of sp³-hybridized carbons (Fsp3) is 0.636. The monoisotopic (exact) mass is 356 g/mol. The van der Waals surface area contributed by atoms with E-state index in [1.807, 2.05) is 13.0 Å². The Bertz CT molecular complexity index is 637. The molecule has 0 unspecified atom stereocenters. The molecule has 0 aromatic heterocycles. The Morgan fingerprint density at radius 3 is 2.46 bits per heavy atom. The van der Waals surface area contributed by atoms with Gasteiger partial charge >= 0.3 is 0 Å².